The van der Waals surface area contributed by atoms with Gasteiger partial charge in [0.25, 0.3) is 0 Å². The van der Waals surface area contributed by atoms with E-state index in [9.17, 15) is 0 Å². The molecule has 0 nitrogen and oxygen atoms in total. The van der Waals surface area contributed by atoms with Crippen molar-refractivity contribution in [1.82, 2.24) is 0 Å². The van der Waals surface area contributed by atoms with Crippen molar-refractivity contribution >= 4 is 5.57 Å². The smallest absolute Gasteiger partial charge is 0.00884 e. The van der Waals surface area contributed by atoms with Gasteiger partial charge in [0.1, 0.15) is 0 Å². The lowest BCUT2D eigenvalue weighted by Gasteiger charge is -2.02. The van der Waals surface area contributed by atoms with Crippen molar-refractivity contribution in [2.24, 2.45) is 0 Å². The molecular formula is C17H24. The molecule has 0 bridgehead atoms. The van der Waals surface area contributed by atoms with Gasteiger partial charge in [-0.15, -0.1) is 0 Å². The molecule has 0 aliphatic heterocycles. The van der Waals surface area contributed by atoms with Crippen molar-refractivity contribution in [3.05, 3.63) is 66.3 Å². The largest absolute Gasteiger partial charge is 0.0801 e. The maximum Gasteiger partial charge on any atom is -0.00884 e. The van der Waals surface area contributed by atoms with E-state index in [1.54, 1.807) is 0 Å². The van der Waals surface area contributed by atoms with Gasteiger partial charge in [-0.2, -0.15) is 0 Å². The van der Waals surface area contributed by atoms with Crippen LogP contribution in [0.15, 0.2) is 60.7 Å². The second-order valence-electron chi connectivity index (χ2n) is 3.08. The average Bonchev–Trinajstić information content (AvgIpc) is 2.73. The number of rotatable bonds is 1. The third kappa shape index (κ3) is 5.91. The van der Waals surface area contributed by atoms with E-state index in [4.69, 9.17) is 0 Å². The number of hydrogen-bond donors (Lipinski definition) is 0. The van der Waals surface area contributed by atoms with Gasteiger partial charge >= 0.3 is 0 Å². The molecule has 0 spiro atoms. The second kappa shape index (κ2) is 10.9. The first-order chi connectivity index (χ1) is 8.47. The summed E-state index contributed by atoms with van der Waals surface area (Å²) < 4.78 is 0. The minimum absolute atomic E-state index is 1.02. The van der Waals surface area contributed by atoms with Crippen LogP contribution in [0.3, 0.4) is 0 Å². The molecular weight excluding hydrogens is 204 g/mol. The molecule has 0 saturated heterocycles. The predicted molar refractivity (Wildman–Crippen MR) is 80.0 cm³/mol. The van der Waals surface area contributed by atoms with Crippen LogP contribution >= 0.6 is 0 Å². The highest BCUT2D eigenvalue weighted by molar-refractivity contribution is 5.68. The van der Waals surface area contributed by atoms with Crippen molar-refractivity contribution < 1.29 is 0 Å². The zero-order valence-electron chi connectivity index (χ0n) is 11.5. The summed E-state index contributed by atoms with van der Waals surface area (Å²) in [5, 5.41) is 0. The van der Waals surface area contributed by atoms with Gasteiger partial charge in [-0.25, -0.2) is 0 Å². The summed E-state index contributed by atoms with van der Waals surface area (Å²) in [7, 11) is 0. The summed E-state index contributed by atoms with van der Waals surface area (Å²) in [5.41, 5.74) is 2.70. The van der Waals surface area contributed by atoms with Crippen LogP contribution in [-0.4, -0.2) is 0 Å². The van der Waals surface area contributed by atoms with E-state index in [0.717, 1.165) is 6.42 Å². The molecule has 1 aliphatic rings. The maximum atomic E-state index is 2.18. The Balaban J connectivity index is 0.000000581. The summed E-state index contributed by atoms with van der Waals surface area (Å²) in [4.78, 5) is 0. The highest BCUT2D eigenvalue weighted by atomic mass is 14.0. The molecule has 17 heavy (non-hydrogen) atoms. The summed E-state index contributed by atoms with van der Waals surface area (Å²) >= 11 is 0. The van der Waals surface area contributed by atoms with Gasteiger partial charge in [0, 0.05) is 0 Å². The van der Waals surface area contributed by atoms with Gasteiger partial charge in [0.2, 0.25) is 0 Å². The molecule has 2 rings (SSSR count). The van der Waals surface area contributed by atoms with Crippen LogP contribution in [0.2, 0.25) is 0 Å². The zero-order valence-corrected chi connectivity index (χ0v) is 11.5. The second-order valence-corrected chi connectivity index (χ2v) is 3.08. The molecule has 0 amide bonds. The topological polar surface area (TPSA) is 0 Å². The van der Waals surface area contributed by atoms with Gasteiger partial charge in [0.15, 0.2) is 0 Å². The summed E-state index contributed by atoms with van der Waals surface area (Å²) in [6.45, 7) is 8.00. The normalized spacial score (nSPS) is 12.4. The van der Waals surface area contributed by atoms with Gasteiger partial charge in [-0.1, -0.05) is 88.4 Å². The lowest BCUT2D eigenvalue weighted by atomic mass is 10.0. The Bertz CT molecular complexity index is 353. The Hall–Kier alpha value is -1.56. The summed E-state index contributed by atoms with van der Waals surface area (Å²) in [5.74, 6) is 0. The molecule has 0 heteroatoms. The van der Waals surface area contributed by atoms with E-state index in [2.05, 4.69) is 54.6 Å². The van der Waals surface area contributed by atoms with E-state index in [1.807, 2.05) is 33.8 Å². The minimum atomic E-state index is 1.02. The monoisotopic (exact) mass is 228 g/mol. The molecule has 0 heterocycles. The first-order valence-electron chi connectivity index (χ1n) is 6.54. The summed E-state index contributed by atoms with van der Waals surface area (Å²) in [6, 6.07) is 10.5. The lowest BCUT2D eigenvalue weighted by molar-refractivity contribution is 1.40. The standard InChI is InChI=1S/C13H12.2C2H6/c1-2-5-9-12(8-4-1)13-10-6-3-7-11-13;2*1-2/h1-8,10-11H,9H2;2*1-2H3. The fraction of sp³-hybridized carbons (Fsp3) is 0.294. The molecule has 92 valence electrons. The van der Waals surface area contributed by atoms with E-state index in [1.165, 1.54) is 11.1 Å². The lowest BCUT2D eigenvalue weighted by Crippen LogP contribution is -1.80. The van der Waals surface area contributed by atoms with E-state index in [0.29, 0.717) is 0 Å². The fourth-order valence-electron chi connectivity index (χ4n) is 1.44. The molecule has 0 fully saturated rings. The Morgan fingerprint density at radius 2 is 1.41 bits per heavy atom. The van der Waals surface area contributed by atoms with Crippen LogP contribution in [0.25, 0.3) is 5.57 Å². The van der Waals surface area contributed by atoms with E-state index in [-0.39, 0.29) is 0 Å². The molecule has 1 aromatic carbocycles. The van der Waals surface area contributed by atoms with Crippen molar-refractivity contribution in [2.75, 3.05) is 0 Å². The Labute approximate surface area is 106 Å². The van der Waals surface area contributed by atoms with Crippen LogP contribution in [0, 0.1) is 0 Å². The predicted octanol–water partition coefficient (Wildman–Crippen LogP) is 5.64. The van der Waals surface area contributed by atoms with E-state index < -0.39 is 0 Å². The molecule has 0 saturated carbocycles. The molecule has 1 aliphatic carbocycles. The van der Waals surface area contributed by atoms with Crippen LogP contribution in [0.1, 0.15) is 39.7 Å². The molecule has 0 N–H and O–H groups in total. The van der Waals surface area contributed by atoms with Gasteiger partial charge in [-0.05, 0) is 17.6 Å². The van der Waals surface area contributed by atoms with Crippen molar-refractivity contribution in [1.29, 1.82) is 0 Å². The first-order valence-corrected chi connectivity index (χ1v) is 6.54. The quantitative estimate of drug-likeness (QED) is 0.583. The van der Waals surface area contributed by atoms with Gasteiger partial charge in [0.05, 0.1) is 0 Å². The zero-order chi connectivity index (χ0) is 12.9. The van der Waals surface area contributed by atoms with Crippen molar-refractivity contribution in [3.8, 4) is 0 Å². The van der Waals surface area contributed by atoms with Gasteiger partial charge in [-0.3, -0.25) is 0 Å². The maximum absolute atomic E-state index is 2.18. The molecule has 0 radical (unpaired) electrons. The Morgan fingerprint density at radius 1 is 0.765 bits per heavy atom. The van der Waals surface area contributed by atoms with Crippen molar-refractivity contribution in [3.63, 3.8) is 0 Å². The first kappa shape index (κ1) is 15.4. The van der Waals surface area contributed by atoms with Gasteiger partial charge < -0.3 is 0 Å². The van der Waals surface area contributed by atoms with Crippen LogP contribution in [0.4, 0.5) is 0 Å². The van der Waals surface area contributed by atoms with Crippen LogP contribution < -0.4 is 0 Å². The van der Waals surface area contributed by atoms with E-state index >= 15 is 0 Å². The molecule has 0 unspecified atom stereocenters. The Morgan fingerprint density at radius 3 is 2.06 bits per heavy atom. The number of allylic oxidation sites excluding steroid dienone is 6. The average molecular weight is 228 g/mol. The fourth-order valence-corrected chi connectivity index (χ4v) is 1.44. The van der Waals surface area contributed by atoms with Crippen LogP contribution in [0.5, 0.6) is 0 Å². The molecule has 1 aromatic rings. The Kier molecular flexibility index (Phi) is 9.94. The molecule has 0 aromatic heterocycles. The number of hydrogen-bond acceptors (Lipinski definition) is 0. The third-order valence-electron chi connectivity index (χ3n) is 2.14. The van der Waals surface area contributed by atoms with Crippen LogP contribution in [-0.2, 0) is 0 Å². The highest BCUT2D eigenvalue weighted by Gasteiger charge is 1.97. The third-order valence-corrected chi connectivity index (χ3v) is 2.14. The molecule has 0 atom stereocenters. The summed E-state index contributed by atoms with van der Waals surface area (Å²) in [6.07, 6.45) is 11.6. The van der Waals surface area contributed by atoms with Crippen molar-refractivity contribution in [2.45, 2.75) is 34.1 Å². The minimum Gasteiger partial charge on any atom is -0.0801 e. The number of benzene rings is 1. The highest BCUT2D eigenvalue weighted by Crippen LogP contribution is 2.19. The SMILES string of the molecule is C1=CC=C(c2ccccc2)CC=C1.CC.CC.